The van der Waals surface area contributed by atoms with Crippen molar-refractivity contribution in [3.05, 3.63) is 52.9 Å². The van der Waals surface area contributed by atoms with Gasteiger partial charge in [-0.15, -0.1) is 24.0 Å². The van der Waals surface area contributed by atoms with Crippen LogP contribution in [-0.4, -0.2) is 30.4 Å². The Kier molecular flexibility index (Phi) is 11.0. The van der Waals surface area contributed by atoms with Crippen molar-refractivity contribution in [3.63, 3.8) is 0 Å². The van der Waals surface area contributed by atoms with Crippen molar-refractivity contribution in [1.82, 2.24) is 15.8 Å². The molecule has 2 rings (SSSR count). The summed E-state index contributed by atoms with van der Waals surface area (Å²) in [6.45, 7) is 4.25. The van der Waals surface area contributed by atoms with Gasteiger partial charge in [-0.3, -0.25) is 0 Å². The van der Waals surface area contributed by atoms with Gasteiger partial charge in [-0.1, -0.05) is 36.3 Å². The van der Waals surface area contributed by atoms with Crippen molar-refractivity contribution in [2.75, 3.05) is 13.2 Å². The summed E-state index contributed by atoms with van der Waals surface area (Å²) in [6.07, 6.45) is -3.50. The van der Waals surface area contributed by atoms with Crippen LogP contribution in [0.1, 0.15) is 36.4 Å². The standard InChI is InChI=1S/C19H25F3N4O2.HI/c1-3-16-9-17(28-26-16)11-25-18(23-4-2)24-10-14-5-7-15(8-6-14)12-27-13-19(20,21)22;/h5-9H,3-4,10-13H2,1-2H3,(H2,23,24,25);1H. The summed E-state index contributed by atoms with van der Waals surface area (Å²) in [5, 5.41) is 10.3. The van der Waals surface area contributed by atoms with Crippen molar-refractivity contribution >= 4 is 29.9 Å². The summed E-state index contributed by atoms with van der Waals surface area (Å²) in [5.74, 6) is 1.36. The molecular weight excluding hydrogens is 500 g/mol. The molecule has 0 saturated carbocycles. The number of nitrogens with zero attached hydrogens (tertiary/aromatic N) is 2. The summed E-state index contributed by atoms with van der Waals surface area (Å²) in [4.78, 5) is 4.50. The number of halogens is 4. The largest absolute Gasteiger partial charge is 0.411 e. The van der Waals surface area contributed by atoms with Crippen LogP contribution in [0.3, 0.4) is 0 Å². The molecule has 2 aromatic rings. The maximum atomic E-state index is 12.1. The fraction of sp³-hybridized carbons (Fsp3) is 0.474. The number of aliphatic imine (C=N–C) groups is 1. The van der Waals surface area contributed by atoms with Gasteiger partial charge in [-0.2, -0.15) is 13.2 Å². The minimum atomic E-state index is -4.31. The molecule has 1 aromatic heterocycles. The summed E-state index contributed by atoms with van der Waals surface area (Å²) in [6, 6.07) is 9.02. The van der Waals surface area contributed by atoms with E-state index < -0.39 is 12.8 Å². The van der Waals surface area contributed by atoms with Crippen molar-refractivity contribution < 1.29 is 22.4 Å². The van der Waals surface area contributed by atoms with Crippen molar-refractivity contribution in [2.24, 2.45) is 4.99 Å². The topological polar surface area (TPSA) is 71.7 Å². The molecule has 0 radical (unpaired) electrons. The van der Waals surface area contributed by atoms with Gasteiger partial charge in [0.1, 0.15) is 6.61 Å². The Morgan fingerprint density at radius 1 is 1.14 bits per heavy atom. The van der Waals surface area contributed by atoms with E-state index in [2.05, 4.69) is 25.5 Å². The molecule has 0 bridgehead atoms. The van der Waals surface area contributed by atoms with Crippen LogP contribution in [0.2, 0.25) is 0 Å². The molecule has 0 aliphatic rings. The van der Waals surface area contributed by atoms with Gasteiger partial charge < -0.3 is 19.9 Å². The summed E-state index contributed by atoms with van der Waals surface area (Å²) in [5.41, 5.74) is 2.52. The number of rotatable bonds is 9. The minimum Gasteiger partial charge on any atom is -0.367 e. The van der Waals surface area contributed by atoms with Crippen molar-refractivity contribution in [1.29, 1.82) is 0 Å². The second-order valence-electron chi connectivity index (χ2n) is 6.11. The molecule has 0 saturated heterocycles. The maximum Gasteiger partial charge on any atom is 0.411 e. The number of hydrogen-bond donors (Lipinski definition) is 2. The van der Waals surface area contributed by atoms with E-state index >= 15 is 0 Å². The van der Waals surface area contributed by atoms with Gasteiger partial charge in [0.25, 0.3) is 0 Å². The van der Waals surface area contributed by atoms with Gasteiger partial charge in [-0.25, -0.2) is 4.99 Å². The molecule has 0 fully saturated rings. The molecule has 0 unspecified atom stereocenters. The number of benzene rings is 1. The normalized spacial score (nSPS) is 11.8. The Balaban J connectivity index is 0.00000420. The lowest BCUT2D eigenvalue weighted by atomic mass is 10.1. The lowest BCUT2D eigenvalue weighted by molar-refractivity contribution is -0.176. The highest BCUT2D eigenvalue weighted by atomic mass is 127. The lowest BCUT2D eigenvalue weighted by Gasteiger charge is -2.10. The predicted octanol–water partition coefficient (Wildman–Crippen LogP) is 4.19. The second-order valence-corrected chi connectivity index (χ2v) is 6.11. The molecule has 0 aliphatic heterocycles. The van der Waals surface area contributed by atoms with Crippen LogP contribution < -0.4 is 10.6 Å². The first-order valence-electron chi connectivity index (χ1n) is 9.08. The Hall–Kier alpha value is -1.82. The summed E-state index contributed by atoms with van der Waals surface area (Å²) < 4.78 is 46.2. The highest BCUT2D eigenvalue weighted by Gasteiger charge is 2.27. The lowest BCUT2D eigenvalue weighted by Crippen LogP contribution is -2.36. The number of guanidine groups is 1. The Morgan fingerprint density at radius 3 is 2.41 bits per heavy atom. The van der Waals surface area contributed by atoms with E-state index in [1.807, 2.05) is 32.0 Å². The molecule has 0 amide bonds. The summed E-state index contributed by atoms with van der Waals surface area (Å²) in [7, 11) is 0. The van der Waals surface area contributed by atoms with Gasteiger partial charge >= 0.3 is 6.18 Å². The van der Waals surface area contributed by atoms with Crippen LogP contribution in [0.4, 0.5) is 13.2 Å². The fourth-order valence-corrected chi connectivity index (χ4v) is 2.31. The van der Waals surface area contributed by atoms with Crippen LogP contribution in [-0.2, 0) is 30.9 Å². The van der Waals surface area contributed by atoms with E-state index in [0.29, 0.717) is 31.2 Å². The van der Waals surface area contributed by atoms with Gasteiger partial charge in [0.2, 0.25) is 0 Å². The first-order chi connectivity index (χ1) is 13.4. The first-order valence-corrected chi connectivity index (χ1v) is 9.08. The highest BCUT2D eigenvalue weighted by Crippen LogP contribution is 2.16. The van der Waals surface area contributed by atoms with E-state index in [4.69, 9.17) is 4.52 Å². The van der Waals surface area contributed by atoms with E-state index in [1.165, 1.54) is 0 Å². The molecule has 2 N–H and O–H groups in total. The molecule has 0 spiro atoms. The zero-order valence-corrected chi connectivity index (χ0v) is 18.7. The van der Waals surface area contributed by atoms with Crippen LogP contribution in [0.25, 0.3) is 0 Å². The van der Waals surface area contributed by atoms with E-state index in [0.717, 1.165) is 23.4 Å². The van der Waals surface area contributed by atoms with Gasteiger partial charge in [0.05, 0.1) is 25.4 Å². The molecule has 0 aliphatic carbocycles. The average Bonchev–Trinajstić information content (AvgIpc) is 3.12. The number of nitrogens with one attached hydrogen (secondary N) is 2. The molecule has 1 aromatic carbocycles. The number of ether oxygens (including phenoxy) is 1. The Bertz CT molecular complexity index is 749. The predicted molar refractivity (Wildman–Crippen MR) is 115 cm³/mol. The number of alkyl halides is 3. The number of hydrogen-bond acceptors (Lipinski definition) is 4. The smallest absolute Gasteiger partial charge is 0.367 e. The second kappa shape index (κ2) is 12.7. The Morgan fingerprint density at radius 2 is 1.83 bits per heavy atom. The minimum absolute atomic E-state index is 0. The molecule has 0 atom stereocenters. The number of aryl methyl sites for hydroxylation is 1. The first kappa shape index (κ1) is 25.2. The van der Waals surface area contributed by atoms with Gasteiger partial charge in [-0.05, 0) is 24.5 Å². The SMILES string of the molecule is CCNC(=NCc1ccc(COCC(F)(F)F)cc1)NCc1cc(CC)no1.I. The van der Waals surface area contributed by atoms with Crippen molar-refractivity contribution in [2.45, 2.75) is 46.1 Å². The molecule has 10 heteroatoms. The third-order valence-corrected chi connectivity index (χ3v) is 3.72. The van der Waals surface area contributed by atoms with Crippen LogP contribution in [0, 0.1) is 0 Å². The zero-order valence-electron chi connectivity index (χ0n) is 16.4. The number of aromatic nitrogens is 1. The van der Waals surface area contributed by atoms with Gasteiger partial charge in [0, 0.05) is 12.6 Å². The Labute approximate surface area is 185 Å². The quantitative estimate of drug-likeness (QED) is 0.292. The van der Waals surface area contributed by atoms with Gasteiger partial charge in [0.15, 0.2) is 11.7 Å². The molecule has 29 heavy (non-hydrogen) atoms. The van der Waals surface area contributed by atoms with E-state index in [9.17, 15) is 13.2 Å². The molecule has 162 valence electrons. The molecule has 6 nitrogen and oxygen atoms in total. The third kappa shape index (κ3) is 9.97. The fourth-order valence-electron chi connectivity index (χ4n) is 2.31. The molecule has 1 heterocycles. The average molecular weight is 526 g/mol. The third-order valence-electron chi connectivity index (χ3n) is 3.72. The monoisotopic (exact) mass is 526 g/mol. The van der Waals surface area contributed by atoms with Crippen LogP contribution >= 0.6 is 24.0 Å². The summed E-state index contributed by atoms with van der Waals surface area (Å²) >= 11 is 0. The van der Waals surface area contributed by atoms with Crippen molar-refractivity contribution in [3.8, 4) is 0 Å². The molecular formula is C19H26F3IN4O2. The van der Waals surface area contributed by atoms with Crippen LogP contribution in [0.15, 0.2) is 39.8 Å². The zero-order chi connectivity index (χ0) is 20.4. The van der Waals surface area contributed by atoms with Crippen LogP contribution in [0.5, 0.6) is 0 Å². The maximum absolute atomic E-state index is 12.1. The van der Waals surface area contributed by atoms with E-state index in [1.54, 1.807) is 12.1 Å². The highest BCUT2D eigenvalue weighted by molar-refractivity contribution is 14.0. The van der Waals surface area contributed by atoms with E-state index in [-0.39, 0.29) is 30.6 Å².